The van der Waals surface area contributed by atoms with Crippen LogP contribution in [0.15, 0.2) is 0 Å². The molecule has 2 unspecified atom stereocenters. The summed E-state index contributed by atoms with van der Waals surface area (Å²) in [5, 5.41) is 3.09. The monoisotopic (exact) mass is 255 g/mol. The maximum atomic E-state index is 12.0. The number of nitrogens with one attached hydrogen (secondary N) is 1. The average molecular weight is 255 g/mol. The predicted molar refractivity (Wildman–Crippen MR) is 75.3 cm³/mol. The number of hydrogen-bond acceptors (Lipinski definition) is 3. The van der Waals surface area contributed by atoms with Crippen molar-refractivity contribution in [2.24, 2.45) is 11.7 Å². The molecule has 1 rings (SSSR count). The second-order valence-electron chi connectivity index (χ2n) is 6.28. The molecule has 0 aliphatic carbocycles. The van der Waals surface area contributed by atoms with Crippen molar-refractivity contribution in [3.63, 3.8) is 0 Å². The van der Waals surface area contributed by atoms with Gasteiger partial charge in [-0.3, -0.25) is 9.69 Å². The first-order chi connectivity index (χ1) is 8.38. The molecule has 1 aliphatic rings. The molecule has 1 saturated heterocycles. The molecule has 18 heavy (non-hydrogen) atoms. The van der Waals surface area contributed by atoms with Gasteiger partial charge in [0.1, 0.15) is 0 Å². The van der Waals surface area contributed by atoms with Gasteiger partial charge in [-0.05, 0) is 45.6 Å². The van der Waals surface area contributed by atoms with Crippen molar-refractivity contribution in [1.82, 2.24) is 10.2 Å². The van der Waals surface area contributed by atoms with Gasteiger partial charge in [0.25, 0.3) is 0 Å². The van der Waals surface area contributed by atoms with E-state index in [9.17, 15) is 4.79 Å². The SMILES string of the molecule is CCC(C)(C)NC(=O)CN1CCC(C)CC1CN. The van der Waals surface area contributed by atoms with Crippen molar-refractivity contribution in [3.05, 3.63) is 0 Å². The second-order valence-corrected chi connectivity index (χ2v) is 6.28. The van der Waals surface area contributed by atoms with Gasteiger partial charge in [-0.2, -0.15) is 0 Å². The molecule has 3 N–H and O–H groups in total. The fourth-order valence-electron chi connectivity index (χ4n) is 2.44. The third kappa shape index (κ3) is 4.58. The third-order valence-electron chi connectivity index (χ3n) is 4.08. The maximum absolute atomic E-state index is 12.0. The van der Waals surface area contributed by atoms with Crippen LogP contribution in [0.5, 0.6) is 0 Å². The van der Waals surface area contributed by atoms with E-state index in [0.29, 0.717) is 19.1 Å². The third-order valence-corrected chi connectivity index (χ3v) is 4.08. The number of hydrogen-bond donors (Lipinski definition) is 2. The molecular formula is C14H29N3O. The highest BCUT2D eigenvalue weighted by molar-refractivity contribution is 5.78. The summed E-state index contributed by atoms with van der Waals surface area (Å²) in [5.74, 6) is 0.847. The van der Waals surface area contributed by atoms with Gasteiger partial charge in [-0.25, -0.2) is 0 Å². The normalized spacial score (nSPS) is 26.1. The highest BCUT2D eigenvalue weighted by Gasteiger charge is 2.27. The highest BCUT2D eigenvalue weighted by Crippen LogP contribution is 2.21. The van der Waals surface area contributed by atoms with E-state index in [4.69, 9.17) is 5.73 Å². The van der Waals surface area contributed by atoms with Crippen molar-refractivity contribution < 1.29 is 4.79 Å². The lowest BCUT2D eigenvalue weighted by molar-refractivity contribution is -0.124. The molecule has 0 saturated carbocycles. The summed E-state index contributed by atoms with van der Waals surface area (Å²) in [6.07, 6.45) is 3.22. The number of rotatable bonds is 5. The molecule has 1 heterocycles. The topological polar surface area (TPSA) is 58.4 Å². The number of amides is 1. The summed E-state index contributed by atoms with van der Waals surface area (Å²) in [4.78, 5) is 14.3. The Kier molecular flexibility index (Phi) is 5.60. The van der Waals surface area contributed by atoms with Gasteiger partial charge < -0.3 is 11.1 Å². The van der Waals surface area contributed by atoms with Crippen LogP contribution in [-0.2, 0) is 4.79 Å². The first-order valence-corrected chi connectivity index (χ1v) is 7.13. The Morgan fingerprint density at radius 2 is 2.17 bits per heavy atom. The molecule has 1 fully saturated rings. The lowest BCUT2D eigenvalue weighted by Gasteiger charge is -2.38. The van der Waals surface area contributed by atoms with Crippen molar-refractivity contribution in [1.29, 1.82) is 0 Å². The molecule has 4 nitrogen and oxygen atoms in total. The van der Waals surface area contributed by atoms with E-state index >= 15 is 0 Å². The lowest BCUT2D eigenvalue weighted by Crippen LogP contribution is -2.53. The van der Waals surface area contributed by atoms with Gasteiger partial charge in [0.2, 0.25) is 5.91 Å². The van der Waals surface area contributed by atoms with Crippen LogP contribution in [-0.4, -0.2) is 42.0 Å². The first-order valence-electron chi connectivity index (χ1n) is 7.13. The van der Waals surface area contributed by atoms with Crippen molar-refractivity contribution in [3.8, 4) is 0 Å². The van der Waals surface area contributed by atoms with Gasteiger partial charge in [-0.15, -0.1) is 0 Å². The molecule has 106 valence electrons. The van der Waals surface area contributed by atoms with Crippen LogP contribution in [0.2, 0.25) is 0 Å². The zero-order chi connectivity index (χ0) is 13.8. The molecule has 0 bridgehead atoms. The van der Waals surface area contributed by atoms with Crippen molar-refractivity contribution in [2.75, 3.05) is 19.6 Å². The van der Waals surface area contributed by atoms with Crippen LogP contribution >= 0.6 is 0 Å². The zero-order valence-electron chi connectivity index (χ0n) is 12.3. The Morgan fingerprint density at radius 1 is 1.50 bits per heavy atom. The Bertz CT molecular complexity index is 278. The van der Waals surface area contributed by atoms with Gasteiger partial charge >= 0.3 is 0 Å². The second kappa shape index (κ2) is 6.53. The van der Waals surface area contributed by atoms with Gasteiger partial charge in [0.15, 0.2) is 0 Å². The fraction of sp³-hybridized carbons (Fsp3) is 0.929. The number of carbonyl (C=O) groups excluding carboxylic acids is 1. The minimum Gasteiger partial charge on any atom is -0.350 e. The number of likely N-dealkylation sites (tertiary alicyclic amines) is 1. The van der Waals surface area contributed by atoms with Gasteiger partial charge in [-0.1, -0.05) is 13.8 Å². The molecule has 0 aromatic carbocycles. The van der Waals surface area contributed by atoms with E-state index in [0.717, 1.165) is 25.3 Å². The van der Waals surface area contributed by atoms with Crippen LogP contribution in [0.3, 0.4) is 0 Å². The quantitative estimate of drug-likeness (QED) is 0.779. The molecule has 4 heteroatoms. The standard InChI is InChI=1S/C14H29N3O/c1-5-14(3,4)16-13(18)10-17-7-6-11(2)8-12(17)9-15/h11-12H,5-10,15H2,1-4H3,(H,16,18). The Balaban J connectivity index is 2.48. The molecule has 0 spiro atoms. The first kappa shape index (κ1) is 15.4. The fourth-order valence-corrected chi connectivity index (χ4v) is 2.44. The lowest BCUT2D eigenvalue weighted by atomic mass is 9.92. The number of nitrogens with zero attached hydrogens (tertiary/aromatic N) is 1. The average Bonchev–Trinajstić information content (AvgIpc) is 2.30. The Hall–Kier alpha value is -0.610. The summed E-state index contributed by atoms with van der Waals surface area (Å²) < 4.78 is 0. The molecule has 0 aromatic heterocycles. The molecule has 0 aromatic rings. The highest BCUT2D eigenvalue weighted by atomic mass is 16.2. The summed E-state index contributed by atoms with van der Waals surface area (Å²) >= 11 is 0. The molecular weight excluding hydrogens is 226 g/mol. The van der Waals surface area contributed by atoms with E-state index < -0.39 is 0 Å². The van der Waals surface area contributed by atoms with Crippen LogP contribution in [0.4, 0.5) is 0 Å². The summed E-state index contributed by atoms with van der Waals surface area (Å²) in [6.45, 7) is 10.6. The Morgan fingerprint density at radius 3 is 2.72 bits per heavy atom. The minimum absolute atomic E-state index is 0.113. The minimum atomic E-state index is -0.113. The molecule has 2 atom stereocenters. The van der Waals surface area contributed by atoms with Crippen LogP contribution in [0.25, 0.3) is 0 Å². The van der Waals surface area contributed by atoms with Crippen LogP contribution < -0.4 is 11.1 Å². The zero-order valence-corrected chi connectivity index (χ0v) is 12.3. The van der Waals surface area contributed by atoms with E-state index in [-0.39, 0.29) is 11.4 Å². The molecule has 1 aliphatic heterocycles. The van der Waals surface area contributed by atoms with E-state index in [2.05, 4.69) is 37.9 Å². The van der Waals surface area contributed by atoms with E-state index in [1.807, 2.05) is 0 Å². The van der Waals surface area contributed by atoms with Crippen LogP contribution in [0, 0.1) is 5.92 Å². The predicted octanol–water partition coefficient (Wildman–Crippen LogP) is 1.35. The van der Waals surface area contributed by atoms with Gasteiger partial charge in [0.05, 0.1) is 6.54 Å². The van der Waals surface area contributed by atoms with E-state index in [1.165, 1.54) is 6.42 Å². The number of nitrogens with two attached hydrogens (primary N) is 1. The molecule has 0 radical (unpaired) electrons. The van der Waals surface area contributed by atoms with Crippen LogP contribution in [0.1, 0.15) is 47.0 Å². The number of piperidine rings is 1. The maximum Gasteiger partial charge on any atom is 0.234 e. The smallest absolute Gasteiger partial charge is 0.234 e. The Labute approximate surface area is 111 Å². The summed E-state index contributed by atoms with van der Waals surface area (Å²) in [5.41, 5.74) is 5.70. The number of carbonyl (C=O) groups is 1. The summed E-state index contributed by atoms with van der Waals surface area (Å²) in [6, 6.07) is 0.365. The van der Waals surface area contributed by atoms with Crippen molar-refractivity contribution in [2.45, 2.75) is 58.5 Å². The largest absolute Gasteiger partial charge is 0.350 e. The van der Waals surface area contributed by atoms with E-state index in [1.54, 1.807) is 0 Å². The van der Waals surface area contributed by atoms with Crippen molar-refractivity contribution >= 4 is 5.91 Å². The molecule has 1 amide bonds. The van der Waals surface area contributed by atoms with Gasteiger partial charge in [0, 0.05) is 18.1 Å². The summed E-state index contributed by atoms with van der Waals surface area (Å²) in [7, 11) is 0.